The third-order valence-electron chi connectivity index (χ3n) is 2.34. The van der Waals surface area contributed by atoms with Gasteiger partial charge >= 0.3 is 0 Å². The van der Waals surface area contributed by atoms with Gasteiger partial charge in [0.2, 0.25) is 0 Å². The average Bonchev–Trinajstić information content (AvgIpc) is 2.76. The zero-order chi connectivity index (χ0) is 8.44. The van der Waals surface area contributed by atoms with Crippen molar-refractivity contribution in [2.24, 2.45) is 0 Å². The molecule has 4 heteroatoms. The minimum absolute atomic E-state index is 0.179. The number of nitrogens with zero attached hydrogens (tertiary/aromatic N) is 1. The van der Waals surface area contributed by atoms with Crippen molar-refractivity contribution in [2.75, 3.05) is 18.6 Å². The Morgan fingerprint density at radius 3 is 3.08 bits per heavy atom. The highest BCUT2D eigenvalue weighted by Crippen LogP contribution is 2.37. The first kappa shape index (κ1) is 8.53. The molecule has 12 heavy (non-hydrogen) atoms. The Kier molecular flexibility index (Phi) is 2.39. The van der Waals surface area contributed by atoms with E-state index in [1.54, 1.807) is 11.3 Å². The van der Waals surface area contributed by atoms with Gasteiger partial charge in [-0.2, -0.15) is 11.8 Å². The van der Waals surface area contributed by atoms with Crippen molar-refractivity contribution >= 4 is 23.1 Å². The summed E-state index contributed by atoms with van der Waals surface area (Å²) in [5, 5.41) is 6.71. The van der Waals surface area contributed by atoms with Crippen LogP contribution in [0, 0.1) is 0 Å². The van der Waals surface area contributed by atoms with E-state index in [4.69, 9.17) is 0 Å². The first-order valence-electron chi connectivity index (χ1n) is 4.04. The second-order valence-corrected chi connectivity index (χ2v) is 4.97. The highest BCUT2D eigenvalue weighted by molar-refractivity contribution is 7.99. The molecule has 1 atom stereocenters. The van der Waals surface area contributed by atoms with Crippen molar-refractivity contribution in [1.82, 2.24) is 10.3 Å². The molecule has 0 aliphatic carbocycles. The average molecular weight is 200 g/mol. The van der Waals surface area contributed by atoms with Gasteiger partial charge in [0.15, 0.2) is 0 Å². The van der Waals surface area contributed by atoms with Crippen LogP contribution < -0.4 is 5.32 Å². The maximum absolute atomic E-state index is 4.38. The maximum atomic E-state index is 4.38. The normalized spacial score (nSPS) is 29.4. The monoisotopic (exact) mass is 200 g/mol. The predicted molar refractivity (Wildman–Crippen MR) is 54.8 cm³/mol. The summed E-state index contributed by atoms with van der Waals surface area (Å²) in [7, 11) is 2.04. The summed E-state index contributed by atoms with van der Waals surface area (Å²) in [5.41, 5.74) is 0.179. The minimum Gasteiger partial charge on any atom is -0.308 e. The van der Waals surface area contributed by atoms with Crippen molar-refractivity contribution < 1.29 is 0 Å². The summed E-state index contributed by atoms with van der Waals surface area (Å²) in [4.78, 5) is 4.38. The fraction of sp³-hybridized carbons (Fsp3) is 0.625. The SMILES string of the molecule is CNC1(c2nccs2)CCSC1. The summed E-state index contributed by atoms with van der Waals surface area (Å²) in [5.74, 6) is 2.41. The van der Waals surface area contributed by atoms with E-state index in [0.717, 1.165) is 5.75 Å². The lowest BCUT2D eigenvalue weighted by molar-refractivity contribution is 0.410. The standard InChI is InChI=1S/C8H12N2S2/c1-9-8(2-4-11-6-8)7-10-3-5-12-7/h3,5,9H,2,4,6H2,1H3. The van der Waals surface area contributed by atoms with Crippen LogP contribution in [0.25, 0.3) is 0 Å². The molecule has 1 aromatic rings. The second kappa shape index (κ2) is 3.36. The number of rotatable bonds is 2. The summed E-state index contributed by atoms with van der Waals surface area (Å²) in [6, 6.07) is 0. The molecule has 1 saturated heterocycles. The van der Waals surface area contributed by atoms with E-state index in [0.29, 0.717) is 0 Å². The summed E-state index contributed by atoms with van der Waals surface area (Å²) in [6.07, 6.45) is 3.10. The molecule has 1 N–H and O–H groups in total. The van der Waals surface area contributed by atoms with Crippen molar-refractivity contribution in [2.45, 2.75) is 12.0 Å². The largest absolute Gasteiger partial charge is 0.308 e. The van der Waals surface area contributed by atoms with Crippen LogP contribution in [0.5, 0.6) is 0 Å². The predicted octanol–water partition coefficient (Wildman–Crippen LogP) is 1.69. The van der Waals surface area contributed by atoms with Gasteiger partial charge in [0.1, 0.15) is 5.01 Å². The Morgan fingerprint density at radius 2 is 2.58 bits per heavy atom. The van der Waals surface area contributed by atoms with Crippen LogP contribution >= 0.6 is 23.1 Å². The maximum Gasteiger partial charge on any atom is 0.114 e. The summed E-state index contributed by atoms with van der Waals surface area (Å²) >= 11 is 3.76. The first-order valence-corrected chi connectivity index (χ1v) is 6.07. The van der Waals surface area contributed by atoms with Gasteiger partial charge in [-0.05, 0) is 19.2 Å². The molecule has 0 radical (unpaired) electrons. The van der Waals surface area contributed by atoms with E-state index in [-0.39, 0.29) is 5.54 Å². The zero-order valence-corrected chi connectivity index (χ0v) is 8.67. The van der Waals surface area contributed by atoms with Gasteiger partial charge in [-0.15, -0.1) is 11.3 Å². The molecule has 1 unspecified atom stereocenters. The number of aromatic nitrogens is 1. The van der Waals surface area contributed by atoms with E-state index < -0.39 is 0 Å². The van der Waals surface area contributed by atoms with E-state index >= 15 is 0 Å². The summed E-state index contributed by atoms with van der Waals surface area (Å²) in [6.45, 7) is 0. The lowest BCUT2D eigenvalue weighted by Crippen LogP contribution is -2.39. The second-order valence-electron chi connectivity index (χ2n) is 2.97. The van der Waals surface area contributed by atoms with Crippen LogP contribution in [0.2, 0.25) is 0 Å². The third-order valence-corrected chi connectivity index (χ3v) is 4.51. The third kappa shape index (κ3) is 1.28. The Bertz CT molecular complexity index is 240. The highest BCUT2D eigenvalue weighted by atomic mass is 32.2. The number of hydrogen-bond acceptors (Lipinski definition) is 4. The smallest absolute Gasteiger partial charge is 0.114 e. The number of thioether (sulfide) groups is 1. The molecule has 0 aromatic carbocycles. The van der Waals surface area contributed by atoms with Crippen LogP contribution in [0.15, 0.2) is 11.6 Å². The van der Waals surface area contributed by atoms with Crippen molar-refractivity contribution in [3.8, 4) is 0 Å². The molecule has 1 aliphatic heterocycles. The Labute approximate surface area is 80.8 Å². The van der Waals surface area contributed by atoms with E-state index in [9.17, 15) is 0 Å². The van der Waals surface area contributed by atoms with Crippen molar-refractivity contribution in [3.05, 3.63) is 16.6 Å². The van der Waals surface area contributed by atoms with E-state index in [1.165, 1.54) is 17.2 Å². The zero-order valence-electron chi connectivity index (χ0n) is 7.04. The van der Waals surface area contributed by atoms with Crippen LogP contribution in [-0.4, -0.2) is 23.5 Å². The van der Waals surface area contributed by atoms with Crippen LogP contribution in [0.1, 0.15) is 11.4 Å². The Hall–Kier alpha value is -0.0600. The molecular formula is C8H12N2S2. The first-order chi connectivity index (χ1) is 5.87. The molecule has 2 rings (SSSR count). The van der Waals surface area contributed by atoms with Gasteiger partial charge in [-0.3, -0.25) is 0 Å². The van der Waals surface area contributed by atoms with Gasteiger partial charge in [0.05, 0.1) is 5.54 Å². The number of thiazole rings is 1. The van der Waals surface area contributed by atoms with Gasteiger partial charge in [-0.25, -0.2) is 4.98 Å². The Balaban J connectivity index is 2.28. The molecule has 0 saturated carbocycles. The van der Waals surface area contributed by atoms with Crippen molar-refractivity contribution in [1.29, 1.82) is 0 Å². The van der Waals surface area contributed by atoms with E-state index in [2.05, 4.69) is 15.7 Å². The molecule has 1 aliphatic rings. The lowest BCUT2D eigenvalue weighted by Gasteiger charge is -2.24. The molecule has 0 spiro atoms. The fourth-order valence-corrected chi connectivity index (χ4v) is 3.87. The summed E-state index contributed by atoms with van der Waals surface area (Å²) < 4.78 is 0. The van der Waals surface area contributed by atoms with Crippen LogP contribution in [0.3, 0.4) is 0 Å². The van der Waals surface area contributed by atoms with Gasteiger partial charge < -0.3 is 5.32 Å². The molecule has 2 nitrogen and oxygen atoms in total. The minimum atomic E-state index is 0.179. The molecule has 1 fully saturated rings. The number of hydrogen-bond donors (Lipinski definition) is 1. The lowest BCUT2D eigenvalue weighted by atomic mass is 10.0. The topological polar surface area (TPSA) is 24.9 Å². The van der Waals surface area contributed by atoms with Gasteiger partial charge in [-0.1, -0.05) is 0 Å². The van der Waals surface area contributed by atoms with Crippen molar-refractivity contribution in [3.63, 3.8) is 0 Å². The molecular weight excluding hydrogens is 188 g/mol. The van der Waals surface area contributed by atoms with Gasteiger partial charge in [0, 0.05) is 17.3 Å². The molecule has 1 aromatic heterocycles. The quantitative estimate of drug-likeness (QED) is 0.786. The Morgan fingerprint density at radius 1 is 1.67 bits per heavy atom. The number of nitrogens with one attached hydrogen (secondary N) is 1. The molecule has 0 amide bonds. The van der Waals surface area contributed by atoms with Crippen LogP contribution in [-0.2, 0) is 5.54 Å². The highest BCUT2D eigenvalue weighted by Gasteiger charge is 2.36. The molecule has 66 valence electrons. The van der Waals surface area contributed by atoms with E-state index in [1.807, 2.05) is 25.0 Å². The van der Waals surface area contributed by atoms with Crippen LogP contribution in [0.4, 0.5) is 0 Å². The molecule has 2 heterocycles. The fourth-order valence-electron chi connectivity index (χ4n) is 1.50. The van der Waals surface area contributed by atoms with Gasteiger partial charge in [0.25, 0.3) is 0 Å². The molecule has 0 bridgehead atoms.